The van der Waals surface area contributed by atoms with Crippen LogP contribution in [0.15, 0.2) is 0 Å². The number of hydrogen-bond donors (Lipinski definition) is 3. The minimum absolute atomic E-state index is 0.0179. The molecule has 9 nitrogen and oxygen atoms in total. The molecule has 0 radical (unpaired) electrons. The number of rotatable bonds is 9. The lowest BCUT2D eigenvalue weighted by Gasteiger charge is -2.26. The van der Waals surface area contributed by atoms with Crippen molar-refractivity contribution in [3.8, 4) is 0 Å². The molecule has 0 saturated heterocycles. The molecule has 0 aromatic carbocycles. The molecule has 0 aliphatic rings. The van der Waals surface area contributed by atoms with Crippen LogP contribution in [0.25, 0.3) is 0 Å². The lowest BCUT2D eigenvalue weighted by Crippen LogP contribution is -2.52. The normalized spacial score (nSPS) is 14.7. The van der Waals surface area contributed by atoms with Gasteiger partial charge in [0.15, 0.2) is 5.92 Å². The summed E-state index contributed by atoms with van der Waals surface area (Å²) in [6.07, 6.45) is -1.25. The molecule has 24 heavy (non-hydrogen) atoms. The summed E-state index contributed by atoms with van der Waals surface area (Å²) < 4.78 is 8.99. The number of methoxy groups -OCH3 is 2. The minimum atomic E-state index is -1.58. The fourth-order valence-corrected chi connectivity index (χ4v) is 2.19. The molecule has 0 bridgehead atoms. The Morgan fingerprint density at radius 2 is 1.46 bits per heavy atom. The van der Waals surface area contributed by atoms with Crippen molar-refractivity contribution < 1.29 is 38.9 Å². The Bertz CT molecular complexity index is 460. The third-order valence-corrected chi connectivity index (χ3v) is 3.52. The number of nitrogens with one attached hydrogen (secondary N) is 1. The maximum atomic E-state index is 11.9. The smallest absolute Gasteiger partial charge is 0.326 e. The summed E-state index contributed by atoms with van der Waals surface area (Å²) in [6, 6.07) is -1.58. The number of aliphatic carboxylic acids is 1. The van der Waals surface area contributed by atoms with Crippen molar-refractivity contribution in [2.45, 2.75) is 39.3 Å². The van der Waals surface area contributed by atoms with Crippen LogP contribution in [0, 0.1) is 17.8 Å². The molecule has 0 fully saturated rings. The van der Waals surface area contributed by atoms with E-state index in [4.69, 9.17) is 0 Å². The highest BCUT2D eigenvalue weighted by atomic mass is 16.5. The number of ether oxygens (including phenoxy) is 2. The third kappa shape index (κ3) is 6.15. The largest absolute Gasteiger partial charge is 0.480 e. The minimum Gasteiger partial charge on any atom is -0.480 e. The molecule has 1 amide bonds. The van der Waals surface area contributed by atoms with Gasteiger partial charge in [0.05, 0.1) is 14.2 Å². The van der Waals surface area contributed by atoms with Crippen molar-refractivity contribution in [3.63, 3.8) is 0 Å². The number of aliphatic hydroxyl groups excluding tert-OH is 1. The number of amides is 1. The molecule has 0 aromatic rings. The SMILES string of the molecule is COC(=O)C(C(=O)OC)[C@H](C)[C@H](NC(=O)[C@@H](O)CC(C)C)C(=O)O. The summed E-state index contributed by atoms with van der Waals surface area (Å²) in [5, 5.41) is 21.2. The van der Waals surface area contributed by atoms with Gasteiger partial charge in [-0.3, -0.25) is 14.4 Å². The molecule has 3 N–H and O–H groups in total. The molecule has 138 valence electrons. The zero-order valence-electron chi connectivity index (χ0n) is 14.4. The highest BCUT2D eigenvalue weighted by molar-refractivity contribution is 5.96. The molecule has 0 aliphatic carbocycles. The van der Waals surface area contributed by atoms with Crippen LogP contribution >= 0.6 is 0 Å². The van der Waals surface area contributed by atoms with Crippen molar-refractivity contribution in [1.29, 1.82) is 0 Å². The third-order valence-electron chi connectivity index (χ3n) is 3.52. The van der Waals surface area contributed by atoms with E-state index in [1.165, 1.54) is 6.92 Å². The van der Waals surface area contributed by atoms with Crippen molar-refractivity contribution >= 4 is 23.8 Å². The van der Waals surface area contributed by atoms with Gasteiger partial charge < -0.3 is 25.0 Å². The van der Waals surface area contributed by atoms with Gasteiger partial charge in [-0.15, -0.1) is 0 Å². The van der Waals surface area contributed by atoms with Gasteiger partial charge >= 0.3 is 17.9 Å². The van der Waals surface area contributed by atoms with Gasteiger partial charge in [0.25, 0.3) is 0 Å². The fourth-order valence-electron chi connectivity index (χ4n) is 2.19. The molecule has 3 atom stereocenters. The van der Waals surface area contributed by atoms with Crippen LogP contribution in [0.1, 0.15) is 27.2 Å². The first kappa shape index (κ1) is 21.8. The second-order valence-corrected chi connectivity index (χ2v) is 5.85. The Balaban J connectivity index is 5.34. The van der Waals surface area contributed by atoms with E-state index >= 15 is 0 Å². The zero-order chi connectivity index (χ0) is 19.0. The summed E-state index contributed by atoms with van der Waals surface area (Å²) in [6.45, 7) is 4.88. The summed E-state index contributed by atoms with van der Waals surface area (Å²) >= 11 is 0. The van der Waals surface area contributed by atoms with Crippen LogP contribution in [-0.4, -0.2) is 60.4 Å². The van der Waals surface area contributed by atoms with Crippen LogP contribution < -0.4 is 5.32 Å². The Morgan fingerprint density at radius 3 is 1.79 bits per heavy atom. The van der Waals surface area contributed by atoms with Crippen LogP contribution in [0.5, 0.6) is 0 Å². The van der Waals surface area contributed by atoms with E-state index in [1.807, 2.05) is 0 Å². The summed E-state index contributed by atoms with van der Waals surface area (Å²) in [5.41, 5.74) is 0. The highest BCUT2D eigenvalue weighted by Crippen LogP contribution is 2.20. The van der Waals surface area contributed by atoms with Gasteiger partial charge in [0, 0.05) is 5.92 Å². The van der Waals surface area contributed by atoms with Gasteiger partial charge in [0.1, 0.15) is 12.1 Å². The van der Waals surface area contributed by atoms with Crippen LogP contribution in [0.3, 0.4) is 0 Å². The Labute approximate surface area is 140 Å². The van der Waals surface area contributed by atoms with Crippen LogP contribution in [-0.2, 0) is 28.7 Å². The molecule has 0 heterocycles. The first-order valence-electron chi connectivity index (χ1n) is 7.43. The number of aliphatic hydroxyl groups is 1. The van der Waals surface area contributed by atoms with Crippen molar-refractivity contribution in [3.05, 3.63) is 0 Å². The first-order valence-corrected chi connectivity index (χ1v) is 7.43. The fraction of sp³-hybridized carbons (Fsp3) is 0.733. The summed E-state index contributed by atoms with van der Waals surface area (Å²) in [5.74, 6) is -6.96. The summed E-state index contributed by atoms with van der Waals surface area (Å²) in [7, 11) is 2.09. The monoisotopic (exact) mass is 347 g/mol. The van der Waals surface area contributed by atoms with Crippen molar-refractivity contribution in [2.75, 3.05) is 14.2 Å². The molecular formula is C15H25NO8. The standard InChI is InChI=1S/C15H25NO8/c1-7(2)6-9(17)12(18)16-11(13(19)20)8(3)10(14(21)23-4)15(22)24-5/h7-11,17H,6H2,1-5H3,(H,16,18)(H,19,20)/t8-,9-,11-/m0/s1. The molecule has 0 aliphatic heterocycles. The zero-order valence-corrected chi connectivity index (χ0v) is 14.4. The molecule has 0 rings (SSSR count). The lowest BCUT2D eigenvalue weighted by molar-refractivity contribution is -0.163. The van der Waals surface area contributed by atoms with Gasteiger partial charge in [-0.2, -0.15) is 0 Å². The molecule has 0 saturated carbocycles. The van der Waals surface area contributed by atoms with Crippen molar-refractivity contribution in [1.82, 2.24) is 5.32 Å². The maximum absolute atomic E-state index is 11.9. The number of esters is 2. The number of carboxylic acid groups (broad SMARTS) is 1. The molecular weight excluding hydrogens is 322 g/mol. The van der Waals surface area contributed by atoms with E-state index in [9.17, 15) is 29.4 Å². The quantitative estimate of drug-likeness (QED) is 0.377. The Hall–Kier alpha value is -2.16. The molecule has 0 spiro atoms. The van der Waals surface area contributed by atoms with E-state index < -0.39 is 47.8 Å². The molecule has 0 aromatic heterocycles. The van der Waals surface area contributed by atoms with Gasteiger partial charge in [0.2, 0.25) is 5.91 Å². The molecule has 9 heteroatoms. The van der Waals surface area contributed by atoms with Crippen LogP contribution in [0.4, 0.5) is 0 Å². The lowest BCUT2D eigenvalue weighted by atomic mass is 9.87. The van der Waals surface area contributed by atoms with E-state index in [0.29, 0.717) is 0 Å². The maximum Gasteiger partial charge on any atom is 0.326 e. The number of carboxylic acids is 1. The van der Waals surface area contributed by atoms with Crippen molar-refractivity contribution in [2.24, 2.45) is 17.8 Å². The van der Waals surface area contributed by atoms with E-state index in [0.717, 1.165) is 14.2 Å². The van der Waals surface area contributed by atoms with Gasteiger partial charge in [-0.05, 0) is 12.3 Å². The van der Waals surface area contributed by atoms with Gasteiger partial charge in [-0.25, -0.2) is 4.79 Å². The van der Waals surface area contributed by atoms with E-state index in [-0.39, 0.29) is 12.3 Å². The number of carbonyl (C=O) groups is 4. The Morgan fingerprint density at radius 1 is 1.00 bits per heavy atom. The first-order chi connectivity index (χ1) is 11.1. The highest BCUT2D eigenvalue weighted by Gasteiger charge is 2.42. The topological polar surface area (TPSA) is 139 Å². The number of carbonyl (C=O) groups excluding carboxylic acids is 3. The average molecular weight is 347 g/mol. The second-order valence-electron chi connectivity index (χ2n) is 5.85. The number of hydrogen-bond acceptors (Lipinski definition) is 7. The van der Waals surface area contributed by atoms with E-state index in [1.54, 1.807) is 13.8 Å². The van der Waals surface area contributed by atoms with Gasteiger partial charge in [-0.1, -0.05) is 20.8 Å². The summed E-state index contributed by atoms with van der Waals surface area (Å²) in [4.78, 5) is 46.9. The predicted octanol–water partition coefficient (Wildman–Crippen LogP) is -0.439. The average Bonchev–Trinajstić information content (AvgIpc) is 2.50. The van der Waals surface area contributed by atoms with Crippen LogP contribution in [0.2, 0.25) is 0 Å². The Kier molecular flexibility index (Phi) is 8.97. The molecule has 0 unspecified atom stereocenters. The second kappa shape index (κ2) is 9.86. The predicted molar refractivity (Wildman–Crippen MR) is 81.7 cm³/mol. The van der Waals surface area contributed by atoms with E-state index in [2.05, 4.69) is 14.8 Å².